The second-order valence-electron chi connectivity index (χ2n) is 4.36. The Balaban J connectivity index is 0.000000555. The largest absolute Gasteiger partial charge is 0.759 e. The van der Waals surface area contributed by atoms with E-state index in [2.05, 4.69) is 10.3 Å². The van der Waals surface area contributed by atoms with Gasteiger partial charge in [-0.05, 0) is 25.8 Å². The van der Waals surface area contributed by atoms with Crippen molar-refractivity contribution in [3.05, 3.63) is 0 Å². The number of nitrogens with zero attached hydrogens (tertiary/aromatic N) is 1. The average Bonchev–Trinajstić information content (AvgIpc) is 2.17. The van der Waals surface area contributed by atoms with Crippen molar-refractivity contribution < 1.29 is 17.5 Å². The highest BCUT2D eigenvalue weighted by molar-refractivity contribution is 7.79. The Morgan fingerprint density at radius 3 is 2.37 bits per heavy atom. The van der Waals surface area contributed by atoms with Gasteiger partial charge in [0, 0.05) is 23.0 Å². The lowest BCUT2D eigenvalue weighted by Gasteiger charge is -2.20. The van der Waals surface area contributed by atoms with Gasteiger partial charge >= 0.3 is 0 Å². The Labute approximate surface area is 114 Å². The van der Waals surface area contributed by atoms with Crippen LogP contribution < -0.4 is 16.8 Å². The molecule has 1 aliphatic rings. The molecule has 1 fully saturated rings. The monoisotopic (exact) mass is 294 g/mol. The van der Waals surface area contributed by atoms with Crippen LogP contribution >= 0.6 is 0 Å². The van der Waals surface area contributed by atoms with E-state index < -0.39 is 10.4 Å². The summed E-state index contributed by atoms with van der Waals surface area (Å²) in [6.07, 6.45) is 7.70. The molecule has 0 amide bonds. The first-order valence-corrected chi connectivity index (χ1v) is 7.58. The molecule has 0 aromatic carbocycles. The molecule has 19 heavy (non-hydrogen) atoms. The molecule has 9 heteroatoms. The van der Waals surface area contributed by atoms with E-state index in [9.17, 15) is 0 Å². The van der Waals surface area contributed by atoms with Gasteiger partial charge in [-0.1, -0.05) is 19.3 Å². The van der Waals surface area contributed by atoms with Crippen molar-refractivity contribution in [2.75, 3.05) is 13.1 Å². The zero-order valence-corrected chi connectivity index (χ0v) is 11.7. The molecular formula is C10H22N4O4S-2. The molecule has 1 aliphatic heterocycles. The van der Waals surface area contributed by atoms with E-state index in [4.69, 9.17) is 29.0 Å². The summed E-state index contributed by atoms with van der Waals surface area (Å²) in [5.74, 6) is 0.204. The van der Waals surface area contributed by atoms with Gasteiger partial charge in [-0.15, -0.1) is 0 Å². The lowest BCUT2D eigenvalue weighted by Crippen LogP contribution is -2.32. The average molecular weight is 294 g/mol. The molecule has 5 N–H and O–H groups in total. The summed E-state index contributed by atoms with van der Waals surface area (Å²) in [5.41, 5.74) is 10.5. The van der Waals surface area contributed by atoms with Crippen molar-refractivity contribution in [2.24, 2.45) is 16.5 Å². The van der Waals surface area contributed by atoms with Crippen molar-refractivity contribution in [3.8, 4) is 0 Å². The molecule has 0 bridgehead atoms. The van der Waals surface area contributed by atoms with Crippen LogP contribution in [0.5, 0.6) is 0 Å². The van der Waals surface area contributed by atoms with E-state index in [1.54, 1.807) is 0 Å². The van der Waals surface area contributed by atoms with E-state index in [1.807, 2.05) is 0 Å². The molecule has 8 nitrogen and oxygen atoms in total. The zero-order valence-electron chi connectivity index (χ0n) is 10.9. The molecule has 0 saturated carbocycles. The zero-order chi connectivity index (χ0) is 14.7. The van der Waals surface area contributed by atoms with Crippen molar-refractivity contribution in [3.63, 3.8) is 0 Å². The minimum atomic E-state index is -5.17. The van der Waals surface area contributed by atoms with Crippen molar-refractivity contribution >= 4 is 16.4 Å². The van der Waals surface area contributed by atoms with Gasteiger partial charge in [0.25, 0.3) is 0 Å². The maximum Gasteiger partial charge on any atom is 0.185 e. The van der Waals surface area contributed by atoms with Crippen LogP contribution in [0.3, 0.4) is 0 Å². The summed E-state index contributed by atoms with van der Waals surface area (Å²) in [5, 5.41) is 3.54. The van der Waals surface area contributed by atoms with Gasteiger partial charge in [-0.2, -0.15) is 0 Å². The first-order chi connectivity index (χ1) is 8.79. The molecular weight excluding hydrogens is 272 g/mol. The smallest absolute Gasteiger partial charge is 0.185 e. The fourth-order valence-electron chi connectivity index (χ4n) is 1.87. The third-order valence-electron chi connectivity index (χ3n) is 2.68. The minimum absolute atomic E-state index is 0.204. The van der Waals surface area contributed by atoms with E-state index in [0.29, 0.717) is 6.04 Å². The van der Waals surface area contributed by atoms with Gasteiger partial charge in [-0.25, -0.2) is 0 Å². The maximum absolute atomic E-state index is 8.52. The second kappa shape index (κ2) is 9.96. The highest BCUT2D eigenvalue weighted by Crippen LogP contribution is 2.11. The van der Waals surface area contributed by atoms with Crippen molar-refractivity contribution in [1.29, 1.82) is 0 Å². The standard InChI is InChI=1S/C10H22N4.H2O4S/c11-10(12)14-8-6-9-5-3-1-2-4-7-13-9;1-5(2,3)4/h9,13H,1-8H2,(H4,11,12,14);(H2,1,2,3,4)/p-2. The van der Waals surface area contributed by atoms with E-state index >= 15 is 0 Å². The fraction of sp³-hybridized carbons (Fsp3) is 0.900. The van der Waals surface area contributed by atoms with Gasteiger partial charge in [0.2, 0.25) is 0 Å². The second-order valence-corrected chi connectivity index (χ2v) is 5.17. The minimum Gasteiger partial charge on any atom is -0.759 e. The summed E-state index contributed by atoms with van der Waals surface area (Å²) in [6, 6.07) is 0.610. The number of hydrogen-bond donors (Lipinski definition) is 3. The molecule has 1 atom stereocenters. The summed E-state index contributed by atoms with van der Waals surface area (Å²) in [7, 11) is -5.17. The van der Waals surface area contributed by atoms with Gasteiger partial charge in [0.15, 0.2) is 5.96 Å². The van der Waals surface area contributed by atoms with Gasteiger partial charge in [0.1, 0.15) is 0 Å². The molecule has 0 spiro atoms. The highest BCUT2D eigenvalue weighted by atomic mass is 32.3. The van der Waals surface area contributed by atoms with Crippen LogP contribution in [-0.4, -0.2) is 42.6 Å². The Kier molecular flexibility index (Phi) is 9.48. The molecule has 0 aromatic heterocycles. The lowest BCUT2D eigenvalue weighted by atomic mass is 10.0. The van der Waals surface area contributed by atoms with Gasteiger partial charge in [-0.3, -0.25) is 13.4 Å². The normalized spacial score (nSPS) is 20.4. The summed E-state index contributed by atoms with van der Waals surface area (Å²) in [6.45, 7) is 1.90. The van der Waals surface area contributed by atoms with E-state index in [1.165, 1.54) is 32.1 Å². The quantitative estimate of drug-likeness (QED) is 0.267. The fourth-order valence-corrected chi connectivity index (χ4v) is 1.87. The third-order valence-corrected chi connectivity index (χ3v) is 2.68. The van der Waals surface area contributed by atoms with Gasteiger partial charge < -0.3 is 25.9 Å². The number of rotatable bonds is 3. The molecule has 1 heterocycles. The number of aliphatic imine (C=N–C) groups is 1. The molecule has 0 aliphatic carbocycles. The Hall–Kier alpha value is -0.900. The third kappa shape index (κ3) is 17.1. The van der Waals surface area contributed by atoms with Crippen LogP contribution in [0.25, 0.3) is 0 Å². The maximum atomic E-state index is 8.52. The van der Waals surface area contributed by atoms with E-state index in [0.717, 1.165) is 19.5 Å². The predicted octanol–water partition coefficient (Wildman–Crippen LogP) is -0.766. The first kappa shape index (κ1) is 18.1. The van der Waals surface area contributed by atoms with E-state index in [-0.39, 0.29) is 5.96 Å². The van der Waals surface area contributed by atoms with Crippen molar-refractivity contribution in [2.45, 2.75) is 44.6 Å². The lowest BCUT2D eigenvalue weighted by molar-refractivity contribution is 0.352. The van der Waals surface area contributed by atoms with Crippen molar-refractivity contribution in [1.82, 2.24) is 5.32 Å². The van der Waals surface area contributed by atoms with Crippen LogP contribution in [0.2, 0.25) is 0 Å². The summed E-state index contributed by atoms with van der Waals surface area (Å²) < 4.78 is 34.1. The van der Waals surface area contributed by atoms with Crippen LogP contribution in [0.15, 0.2) is 4.99 Å². The Morgan fingerprint density at radius 2 is 1.79 bits per heavy atom. The van der Waals surface area contributed by atoms with Crippen LogP contribution in [-0.2, 0) is 10.4 Å². The first-order valence-electron chi connectivity index (χ1n) is 6.24. The Morgan fingerprint density at radius 1 is 1.21 bits per heavy atom. The van der Waals surface area contributed by atoms with Crippen LogP contribution in [0.4, 0.5) is 0 Å². The number of guanidine groups is 1. The SMILES string of the molecule is NC(N)=NCCC1CCCCCCN1.O=S(=O)([O-])[O-]. The molecule has 0 aromatic rings. The predicted molar refractivity (Wildman–Crippen MR) is 70.6 cm³/mol. The van der Waals surface area contributed by atoms with Crippen LogP contribution in [0.1, 0.15) is 38.5 Å². The highest BCUT2D eigenvalue weighted by Gasteiger charge is 2.09. The number of nitrogens with one attached hydrogen (secondary N) is 1. The molecule has 114 valence electrons. The number of hydrogen-bond acceptors (Lipinski definition) is 6. The summed E-state index contributed by atoms with van der Waals surface area (Å²) in [4.78, 5) is 4.00. The molecule has 1 saturated heterocycles. The van der Waals surface area contributed by atoms with Crippen LogP contribution in [0, 0.1) is 0 Å². The summed E-state index contributed by atoms with van der Waals surface area (Å²) >= 11 is 0. The number of nitrogens with two attached hydrogens (primary N) is 2. The topological polar surface area (TPSA) is 157 Å². The molecule has 1 unspecified atom stereocenters. The molecule has 1 rings (SSSR count). The molecule has 0 radical (unpaired) electrons. The Bertz CT molecular complexity index is 339. The van der Waals surface area contributed by atoms with Gasteiger partial charge in [0.05, 0.1) is 0 Å².